The van der Waals surface area contributed by atoms with E-state index in [4.69, 9.17) is 16.3 Å². The van der Waals surface area contributed by atoms with E-state index in [1.165, 1.54) is 0 Å². The second kappa shape index (κ2) is 6.16. The van der Waals surface area contributed by atoms with Gasteiger partial charge in [-0.2, -0.15) is 0 Å². The zero-order valence-corrected chi connectivity index (χ0v) is 11.8. The van der Waals surface area contributed by atoms with E-state index in [1.54, 1.807) is 17.9 Å². The number of hydrogen-bond acceptors (Lipinski definition) is 5. The number of hydrogen-bond donors (Lipinski definition) is 1. The van der Waals surface area contributed by atoms with Crippen molar-refractivity contribution in [2.75, 3.05) is 31.6 Å². The van der Waals surface area contributed by atoms with Gasteiger partial charge in [-0.15, -0.1) is 0 Å². The summed E-state index contributed by atoms with van der Waals surface area (Å²) in [4.78, 5) is 22.2. The summed E-state index contributed by atoms with van der Waals surface area (Å²) in [5, 5.41) is 3.42. The lowest BCUT2D eigenvalue weighted by molar-refractivity contribution is -0.135. The molecule has 1 saturated heterocycles. The molecule has 2 heterocycles. The molecular weight excluding hydrogens is 268 g/mol. The molecule has 0 saturated carbocycles. The molecule has 1 fully saturated rings. The number of amides is 1. The van der Waals surface area contributed by atoms with Crippen molar-refractivity contribution in [2.24, 2.45) is 0 Å². The molecule has 104 valence electrons. The van der Waals surface area contributed by atoms with Gasteiger partial charge < -0.3 is 15.0 Å². The molecule has 1 amide bonds. The first kappa shape index (κ1) is 14.0. The first-order chi connectivity index (χ1) is 9.06. The van der Waals surface area contributed by atoms with Gasteiger partial charge in [0, 0.05) is 19.2 Å². The number of nitrogens with zero attached hydrogens (tertiary/aromatic N) is 3. The molecule has 6 nitrogen and oxygen atoms in total. The molecular formula is C12H17ClN4O2. The Labute approximate surface area is 117 Å². The summed E-state index contributed by atoms with van der Waals surface area (Å²) in [5.41, 5.74) is 0. The number of anilines is 1. The average molecular weight is 285 g/mol. The third kappa shape index (κ3) is 3.78. The fourth-order valence-electron chi connectivity index (χ4n) is 1.95. The topological polar surface area (TPSA) is 67.4 Å². The van der Waals surface area contributed by atoms with Crippen LogP contribution in [0.15, 0.2) is 6.07 Å². The lowest BCUT2D eigenvalue weighted by atomic mass is 10.2. The highest BCUT2D eigenvalue weighted by Crippen LogP contribution is 2.13. The number of nitrogens with one attached hydrogen (secondary N) is 1. The first-order valence-electron chi connectivity index (χ1n) is 6.20. The number of morpholine rings is 1. The molecule has 1 unspecified atom stereocenters. The highest BCUT2D eigenvalue weighted by atomic mass is 35.5. The summed E-state index contributed by atoms with van der Waals surface area (Å²) in [5.74, 6) is 1.17. The highest BCUT2D eigenvalue weighted by Gasteiger charge is 2.22. The monoisotopic (exact) mass is 284 g/mol. The van der Waals surface area contributed by atoms with E-state index in [0.717, 1.165) is 0 Å². The lowest BCUT2D eigenvalue weighted by Crippen LogP contribution is -2.47. The van der Waals surface area contributed by atoms with Crippen LogP contribution >= 0.6 is 11.6 Å². The molecule has 1 aliphatic rings. The van der Waals surface area contributed by atoms with Gasteiger partial charge in [0.2, 0.25) is 5.91 Å². The molecule has 1 aromatic heterocycles. The summed E-state index contributed by atoms with van der Waals surface area (Å²) in [6.07, 6.45) is 0. The van der Waals surface area contributed by atoms with Crippen molar-refractivity contribution in [3.8, 4) is 0 Å². The van der Waals surface area contributed by atoms with Gasteiger partial charge in [0.25, 0.3) is 0 Å². The standard InChI is InChI=1S/C12H17ClN4O2/c1-8(12(18)17-3-5-19-6-4-17)14-11-7-10(13)15-9(2)16-11/h7-8H,3-6H2,1-2H3,(H,14,15,16). The van der Waals surface area contributed by atoms with Crippen molar-refractivity contribution in [3.05, 3.63) is 17.0 Å². The van der Waals surface area contributed by atoms with Crippen molar-refractivity contribution in [1.82, 2.24) is 14.9 Å². The predicted molar refractivity (Wildman–Crippen MR) is 72.3 cm³/mol. The van der Waals surface area contributed by atoms with Crippen molar-refractivity contribution in [1.29, 1.82) is 0 Å². The molecule has 0 spiro atoms. The smallest absolute Gasteiger partial charge is 0.244 e. The van der Waals surface area contributed by atoms with Crippen LogP contribution in [0.3, 0.4) is 0 Å². The van der Waals surface area contributed by atoms with Crippen LogP contribution in [0.2, 0.25) is 5.15 Å². The second-order valence-corrected chi connectivity index (χ2v) is 4.81. The molecule has 19 heavy (non-hydrogen) atoms. The summed E-state index contributed by atoms with van der Waals surface area (Å²) < 4.78 is 5.23. The van der Waals surface area contributed by atoms with Gasteiger partial charge in [-0.05, 0) is 13.8 Å². The fourth-order valence-corrected chi connectivity index (χ4v) is 2.17. The van der Waals surface area contributed by atoms with Crippen molar-refractivity contribution < 1.29 is 9.53 Å². The van der Waals surface area contributed by atoms with Gasteiger partial charge in [0.05, 0.1) is 13.2 Å². The molecule has 1 atom stereocenters. The maximum absolute atomic E-state index is 12.2. The molecule has 0 radical (unpaired) electrons. The van der Waals surface area contributed by atoms with E-state index in [9.17, 15) is 4.79 Å². The number of aromatic nitrogens is 2. The summed E-state index contributed by atoms with van der Waals surface area (Å²) in [7, 11) is 0. The Balaban J connectivity index is 1.99. The number of ether oxygens (including phenoxy) is 1. The minimum absolute atomic E-state index is 0.0377. The number of rotatable bonds is 3. The van der Waals surface area contributed by atoms with E-state index in [0.29, 0.717) is 43.1 Å². The van der Waals surface area contributed by atoms with Crippen molar-refractivity contribution in [2.45, 2.75) is 19.9 Å². The lowest BCUT2D eigenvalue weighted by Gasteiger charge is -2.29. The van der Waals surface area contributed by atoms with E-state index >= 15 is 0 Å². The van der Waals surface area contributed by atoms with Gasteiger partial charge in [0.1, 0.15) is 22.8 Å². The van der Waals surface area contributed by atoms with Crippen molar-refractivity contribution >= 4 is 23.3 Å². The van der Waals surface area contributed by atoms with Crippen LogP contribution in [0, 0.1) is 6.92 Å². The van der Waals surface area contributed by atoms with Crippen LogP contribution in [-0.4, -0.2) is 53.1 Å². The number of carbonyl (C=O) groups is 1. The Morgan fingerprint density at radius 1 is 1.47 bits per heavy atom. The van der Waals surface area contributed by atoms with Gasteiger partial charge in [-0.25, -0.2) is 9.97 Å². The third-order valence-corrected chi connectivity index (χ3v) is 3.06. The van der Waals surface area contributed by atoms with Crippen LogP contribution in [0.4, 0.5) is 5.82 Å². The van der Waals surface area contributed by atoms with Crippen LogP contribution in [0.5, 0.6) is 0 Å². The summed E-state index contributed by atoms with van der Waals surface area (Å²) in [6.45, 7) is 6.02. The SMILES string of the molecule is Cc1nc(Cl)cc(NC(C)C(=O)N2CCOCC2)n1. The molecule has 0 aromatic carbocycles. The van der Waals surface area contributed by atoms with Crippen molar-refractivity contribution in [3.63, 3.8) is 0 Å². The van der Waals surface area contributed by atoms with Crippen LogP contribution in [0.25, 0.3) is 0 Å². The Morgan fingerprint density at radius 2 is 2.16 bits per heavy atom. The molecule has 0 aliphatic carbocycles. The number of halogens is 1. The van der Waals surface area contributed by atoms with Crippen LogP contribution < -0.4 is 5.32 Å². The zero-order valence-electron chi connectivity index (χ0n) is 11.0. The number of carbonyl (C=O) groups excluding carboxylic acids is 1. The maximum atomic E-state index is 12.2. The molecule has 1 aliphatic heterocycles. The Bertz CT molecular complexity index is 443. The summed E-state index contributed by atoms with van der Waals surface area (Å²) in [6, 6.07) is 1.25. The minimum atomic E-state index is -0.358. The van der Waals surface area contributed by atoms with Gasteiger partial charge >= 0.3 is 0 Å². The summed E-state index contributed by atoms with van der Waals surface area (Å²) >= 11 is 5.86. The normalized spacial score (nSPS) is 17.1. The minimum Gasteiger partial charge on any atom is -0.378 e. The molecule has 0 bridgehead atoms. The van der Waals surface area contributed by atoms with Gasteiger partial charge in [0.15, 0.2) is 0 Å². The van der Waals surface area contributed by atoms with E-state index in [-0.39, 0.29) is 11.9 Å². The molecule has 1 N–H and O–H groups in total. The van der Waals surface area contributed by atoms with E-state index in [2.05, 4.69) is 15.3 Å². The Hall–Kier alpha value is -1.40. The van der Waals surface area contributed by atoms with E-state index < -0.39 is 0 Å². The zero-order chi connectivity index (χ0) is 13.8. The van der Waals surface area contributed by atoms with Gasteiger partial charge in [-0.1, -0.05) is 11.6 Å². The predicted octanol–water partition coefficient (Wildman–Crippen LogP) is 1.10. The Kier molecular flexibility index (Phi) is 4.55. The van der Waals surface area contributed by atoms with Crippen LogP contribution in [-0.2, 0) is 9.53 Å². The van der Waals surface area contributed by atoms with Gasteiger partial charge in [-0.3, -0.25) is 4.79 Å². The quantitative estimate of drug-likeness (QED) is 0.842. The molecule has 1 aromatic rings. The van der Waals surface area contributed by atoms with E-state index in [1.807, 2.05) is 6.92 Å². The highest BCUT2D eigenvalue weighted by molar-refractivity contribution is 6.29. The first-order valence-corrected chi connectivity index (χ1v) is 6.58. The number of aryl methyl sites for hydroxylation is 1. The fraction of sp³-hybridized carbons (Fsp3) is 0.583. The molecule has 2 rings (SSSR count). The Morgan fingerprint density at radius 3 is 2.79 bits per heavy atom. The maximum Gasteiger partial charge on any atom is 0.244 e. The van der Waals surface area contributed by atoms with Crippen LogP contribution in [0.1, 0.15) is 12.7 Å². The molecule has 7 heteroatoms. The largest absolute Gasteiger partial charge is 0.378 e. The third-order valence-electron chi connectivity index (χ3n) is 2.86. The average Bonchev–Trinajstić information content (AvgIpc) is 2.37. The second-order valence-electron chi connectivity index (χ2n) is 4.43.